The van der Waals surface area contributed by atoms with Crippen molar-refractivity contribution < 1.29 is 14.3 Å². The Hall–Kier alpha value is -3.07. The van der Waals surface area contributed by atoms with Gasteiger partial charge in [-0.25, -0.2) is 4.79 Å². The maximum absolute atomic E-state index is 13.3. The Kier molecular flexibility index (Phi) is 8.87. The summed E-state index contributed by atoms with van der Waals surface area (Å²) in [6.07, 6.45) is 0.634. The summed E-state index contributed by atoms with van der Waals surface area (Å²) in [6.45, 7) is 10.5. The molecule has 0 saturated carbocycles. The number of hydrogen-bond donors (Lipinski definition) is 2. The van der Waals surface area contributed by atoms with Gasteiger partial charge >= 0.3 is 5.69 Å². The molecule has 0 spiro atoms. The molecule has 3 N–H and O–H groups in total. The highest BCUT2D eigenvalue weighted by Crippen LogP contribution is 2.25. The summed E-state index contributed by atoms with van der Waals surface area (Å²) in [6, 6.07) is 7.55. The van der Waals surface area contributed by atoms with E-state index < -0.39 is 23.3 Å². The average Bonchev–Trinajstić information content (AvgIpc) is 2.75. The topological polar surface area (TPSA) is 120 Å². The molecule has 0 aliphatic rings. The Labute approximate surface area is 194 Å². The number of methoxy groups -OCH3 is 1. The minimum Gasteiger partial charge on any atom is -0.481 e. The average molecular weight is 461 g/mol. The molecular formula is C24H36N4O5. The van der Waals surface area contributed by atoms with Gasteiger partial charge in [0.2, 0.25) is 0 Å². The van der Waals surface area contributed by atoms with Crippen molar-refractivity contribution in [2.45, 2.75) is 65.5 Å². The number of carbonyl (C=O) groups is 1. The first-order valence-corrected chi connectivity index (χ1v) is 11.2. The maximum Gasteiger partial charge on any atom is 0.330 e. The standard InChI is InChI=1S/C24H36N4O5/c1-7-8-13-28-20(25)19(21(29)26-23(28)31)27(14-15-32-6)22(30)16(2)33-18-11-9-17(10-12-18)24(3,4)5/h9-12,16H,7-8,13-15,25H2,1-6H3,(H,26,29,31). The lowest BCUT2D eigenvalue weighted by atomic mass is 9.87. The first kappa shape index (κ1) is 26.2. The highest BCUT2D eigenvalue weighted by atomic mass is 16.5. The van der Waals surface area contributed by atoms with E-state index in [1.54, 1.807) is 6.92 Å². The van der Waals surface area contributed by atoms with Crippen LogP contribution in [0.3, 0.4) is 0 Å². The molecule has 1 heterocycles. The van der Waals surface area contributed by atoms with Gasteiger partial charge in [-0.3, -0.25) is 24.0 Å². The van der Waals surface area contributed by atoms with Gasteiger partial charge in [-0.2, -0.15) is 0 Å². The van der Waals surface area contributed by atoms with Crippen molar-refractivity contribution in [2.75, 3.05) is 30.9 Å². The summed E-state index contributed by atoms with van der Waals surface area (Å²) in [5.41, 5.74) is 5.95. The smallest absolute Gasteiger partial charge is 0.330 e. The Morgan fingerprint density at radius 2 is 1.85 bits per heavy atom. The second-order valence-corrected chi connectivity index (χ2v) is 9.02. The number of aromatic amines is 1. The number of anilines is 2. The number of nitrogens with one attached hydrogen (secondary N) is 1. The van der Waals surface area contributed by atoms with Crippen LogP contribution in [0.15, 0.2) is 33.9 Å². The fourth-order valence-electron chi connectivity index (χ4n) is 3.40. The lowest BCUT2D eigenvalue weighted by Gasteiger charge is -2.27. The molecule has 0 aliphatic heterocycles. The van der Waals surface area contributed by atoms with Gasteiger partial charge in [-0.15, -0.1) is 0 Å². The molecule has 9 nitrogen and oxygen atoms in total. The summed E-state index contributed by atoms with van der Waals surface area (Å²) >= 11 is 0. The van der Waals surface area contributed by atoms with Crippen LogP contribution in [-0.2, 0) is 21.5 Å². The zero-order valence-corrected chi connectivity index (χ0v) is 20.4. The van der Waals surface area contributed by atoms with E-state index in [4.69, 9.17) is 15.2 Å². The van der Waals surface area contributed by atoms with Gasteiger partial charge in [0.05, 0.1) is 6.61 Å². The van der Waals surface area contributed by atoms with Crippen LogP contribution in [0, 0.1) is 0 Å². The Morgan fingerprint density at radius 3 is 2.39 bits per heavy atom. The van der Waals surface area contributed by atoms with E-state index in [0.717, 1.165) is 12.0 Å². The normalized spacial score (nSPS) is 12.4. The van der Waals surface area contributed by atoms with E-state index in [2.05, 4.69) is 25.8 Å². The second kappa shape index (κ2) is 11.2. The Morgan fingerprint density at radius 1 is 1.21 bits per heavy atom. The third-order valence-corrected chi connectivity index (χ3v) is 5.39. The lowest BCUT2D eigenvalue weighted by molar-refractivity contribution is -0.124. The number of H-pyrrole nitrogens is 1. The van der Waals surface area contributed by atoms with Crippen LogP contribution in [0.5, 0.6) is 5.75 Å². The summed E-state index contributed by atoms with van der Waals surface area (Å²) in [7, 11) is 1.50. The Bertz CT molecular complexity index is 1050. The van der Waals surface area contributed by atoms with Gasteiger partial charge in [0.15, 0.2) is 11.8 Å². The molecule has 1 atom stereocenters. The molecular weight excluding hydrogens is 424 g/mol. The number of ether oxygens (including phenoxy) is 2. The number of nitrogen functional groups attached to an aromatic ring is 1. The molecule has 0 saturated heterocycles. The third-order valence-electron chi connectivity index (χ3n) is 5.39. The van der Waals surface area contributed by atoms with Crippen molar-refractivity contribution in [2.24, 2.45) is 0 Å². The number of nitrogens with zero attached hydrogens (tertiary/aromatic N) is 2. The molecule has 9 heteroatoms. The number of rotatable bonds is 10. The number of nitrogens with two attached hydrogens (primary N) is 1. The summed E-state index contributed by atoms with van der Waals surface area (Å²) < 4.78 is 12.3. The Balaban J connectivity index is 2.37. The molecule has 1 unspecified atom stereocenters. The van der Waals surface area contributed by atoms with Gasteiger partial charge in [0, 0.05) is 20.2 Å². The molecule has 1 aromatic heterocycles. The molecule has 33 heavy (non-hydrogen) atoms. The van der Waals surface area contributed by atoms with Crippen LogP contribution in [0.2, 0.25) is 0 Å². The molecule has 1 aromatic carbocycles. The molecule has 182 valence electrons. The van der Waals surface area contributed by atoms with Crippen LogP contribution in [0.1, 0.15) is 53.0 Å². The van der Waals surface area contributed by atoms with Gasteiger partial charge in [0.1, 0.15) is 11.6 Å². The van der Waals surface area contributed by atoms with Crippen LogP contribution >= 0.6 is 0 Å². The predicted octanol–water partition coefficient (Wildman–Crippen LogP) is 2.66. The number of carbonyl (C=O) groups excluding carboxylic acids is 1. The predicted molar refractivity (Wildman–Crippen MR) is 130 cm³/mol. The maximum atomic E-state index is 13.3. The zero-order valence-electron chi connectivity index (χ0n) is 20.4. The number of amides is 1. The van der Waals surface area contributed by atoms with Crippen molar-refractivity contribution in [1.82, 2.24) is 9.55 Å². The van der Waals surface area contributed by atoms with Crippen LogP contribution in [-0.4, -0.2) is 41.8 Å². The molecule has 0 radical (unpaired) electrons. The lowest BCUT2D eigenvalue weighted by Crippen LogP contribution is -2.47. The largest absolute Gasteiger partial charge is 0.481 e. The van der Waals surface area contributed by atoms with Crippen molar-refractivity contribution in [1.29, 1.82) is 0 Å². The third kappa shape index (κ3) is 6.47. The van der Waals surface area contributed by atoms with Gasteiger partial charge in [-0.1, -0.05) is 46.2 Å². The van der Waals surface area contributed by atoms with E-state index in [9.17, 15) is 14.4 Å². The summed E-state index contributed by atoms with van der Waals surface area (Å²) in [5, 5.41) is 0. The molecule has 2 aromatic rings. The van der Waals surface area contributed by atoms with Crippen molar-refractivity contribution in [3.63, 3.8) is 0 Å². The number of unbranched alkanes of at least 4 members (excludes halogenated alkanes) is 1. The highest BCUT2D eigenvalue weighted by Gasteiger charge is 2.29. The number of hydrogen-bond acceptors (Lipinski definition) is 6. The molecule has 2 rings (SSSR count). The van der Waals surface area contributed by atoms with Crippen molar-refractivity contribution >= 4 is 17.4 Å². The quantitative estimate of drug-likeness (QED) is 0.563. The highest BCUT2D eigenvalue weighted by molar-refractivity contribution is 5.98. The summed E-state index contributed by atoms with van der Waals surface area (Å²) in [4.78, 5) is 41.8. The molecule has 0 aliphatic carbocycles. The van der Waals surface area contributed by atoms with Crippen molar-refractivity contribution in [3.8, 4) is 5.75 Å². The fourth-order valence-corrected chi connectivity index (χ4v) is 3.40. The minimum absolute atomic E-state index is 0.00362. The van der Waals surface area contributed by atoms with Crippen molar-refractivity contribution in [3.05, 3.63) is 50.7 Å². The first-order valence-electron chi connectivity index (χ1n) is 11.2. The van der Waals surface area contributed by atoms with E-state index in [1.807, 2.05) is 31.2 Å². The van der Waals surface area contributed by atoms with Gasteiger partial charge < -0.3 is 15.2 Å². The number of aromatic nitrogens is 2. The monoisotopic (exact) mass is 460 g/mol. The second-order valence-electron chi connectivity index (χ2n) is 9.02. The SMILES string of the molecule is CCCCn1c(N)c(N(CCOC)C(=O)C(C)Oc2ccc(C(C)(C)C)cc2)c(=O)[nH]c1=O. The molecule has 0 bridgehead atoms. The van der Waals surface area contributed by atoms with Gasteiger partial charge in [0.25, 0.3) is 11.5 Å². The van der Waals surface area contributed by atoms with Gasteiger partial charge in [-0.05, 0) is 36.5 Å². The molecule has 0 fully saturated rings. The first-order chi connectivity index (χ1) is 15.5. The zero-order chi connectivity index (χ0) is 24.8. The number of benzene rings is 1. The van der Waals surface area contributed by atoms with E-state index >= 15 is 0 Å². The minimum atomic E-state index is -0.905. The summed E-state index contributed by atoms with van der Waals surface area (Å²) in [5.74, 6) is 0.0126. The van der Waals surface area contributed by atoms with E-state index in [-0.39, 0.29) is 30.1 Å². The fraction of sp³-hybridized carbons (Fsp3) is 0.542. The van der Waals surface area contributed by atoms with E-state index in [1.165, 1.54) is 16.6 Å². The van der Waals surface area contributed by atoms with Crippen LogP contribution in [0.4, 0.5) is 11.5 Å². The van der Waals surface area contributed by atoms with E-state index in [0.29, 0.717) is 18.7 Å². The molecule has 1 amide bonds. The van der Waals surface area contributed by atoms with Crippen LogP contribution in [0.25, 0.3) is 0 Å². The van der Waals surface area contributed by atoms with Crippen LogP contribution < -0.4 is 26.6 Å².